The van der Waals surface area contributed by atoms with Crippen LogP contribution >= 0.6 is 11.3 Å². The number of aromatic nitrogens is 1. The number of rotatable bonds is 5. The second-order valence-corrected chi connectivity index (χ2v) is 6.81. The van der Waals surface area contributed by atoms with Crippen LogP contribution in [0.4, 0.5) is 4.39 Å². The number of benzene rings is 2. The molecule has 1 amide bonds. The van der Waals surface area contributed by atoms with Crippen LogP contribution in [0.1, 0.15) is 16.1 Å². The Bertz CT molecular complexity index is 1090. The van der Waals surface area contributed by atoms with Gasteiger partial charge in [0.2, 0.25) is 0 Å². The van der Waals surface area contributed by atoms with Gasteiger partial charge in [-0.2, -0.15) is 0 Å². The summed E-state index contributed by atoms with van der Waals surface area (Å²) in [5.74, 6) is 0.396. The summed E-state index contributed by atoms with van der Waals surface area (Å²) in [5.41, 5.74) is 0.868. The molecule has 4 rings (SSSR count). The van der Waals surface area contributed by atoms with Crippen LogP contribution in [0.2, 0.25) is 0 Å². The summed E-state index contributed by atoms with van der Waals surface area (Å²) in [6, 6.07) is 15.5. The molecule has 5 nitrogen and oxygen atoms in total. The number of hydrogen-bond donors (Lipinski definition) is 1. The fraction of sp³-hybridized carbons (Fsp3) is 0.100. The lowest BCUT2D eigenvalue weighted by molar-refractivity contribution is 0.0944. The van der Waals surface area contributed by atoms with Crippen LogP contribution in [0.15, 0.2) is 59.0 Å². The number of carbonyl (C=O) groups is 1. The maximum atomic E-state index is 14.0. The summed E-state index contributed by atoms with van der Waals surface area (Å²) in [7, 11) is 1.44. The lowest BCUT2D eigenvalue weighted by atomic mass is 10.2. The third-order valence-corrected chi connectivity index (χ3v) is 5.06. The lowest BCUT2D eigenvalue weighted by Gasteiger charge is -2.06. The van der Waals surface area contributed by atoms with Gasteiger partial charge in [-0.05, 0) is 36.4 Å². The highest BCUT2D eigenvalue weighted by molar-refractivity contribution is 7.21. The molecule has 136 valence electrons. The van der Waals surface area contributed by atoms with Gasteiger partial charge in [-0.3, -0.25) is 4.79 Å². The van der Waals surface area contributed by atoms with E-state index in [-0.39, 0.29) is 12.1 Å². The molecule has 0 radical (unpaired) electrons. The van der Waals surface area contributed by atoms with Crippen molar-refractivity contribution in [3.05, 3.63) is 71.7 Å². The molecule has 0 spiro atoms. The highest BCUT2D eigenvalue weighted by Crippen LogP contribution is 2.31. The van der Waals surface area contributed by atoms with Crippen LogP contribution in [0.5, 0.6) is 5.75 Å². The third-order valence-electron chi connectivity index (χ3n) is 4.01. The maximum Gasteiger partial charge on any atom is 0.254 e. The van der Waals surface area contributed by atoms with Gasteiger partial charge in [-0.15, -0.1) is 11.3 Å². The summed E-state index contributed by atoms with van der Waals surface area (Å²) in [4.78, 5) is 16.7. The second-order valence-electron chi connectivity index (χ2n) is 5.78. The first-order valence-corrected chi connectivity index (χ1v) is 9.02. The number of fused-ring (bicyclic) bond motifs is 1. The van der Waals surface area contributed by atoms with Crippen LogP contribution in [0, 0.1) is 5.82 Å². The molecule has 0 saturated carbocycles. The molecule has 0 aliphatic carbocycles. The molecule has 4 aromatic rings. The highest BCUT2D eigenvalue weighted by Gasteiger charge is 2.14. The smallest absolute Gasteiger partial charge is 0.254 e. The monoisotopic (exact) mass is 382 g/mol. The highest BCUT2D eigenvalue weighted by atomic mass is 32.1. The number of para-hydroxylation sites is 1. The molecule has 0 aliphatic rings. The van der Waals surface area contributed by atoms with Crippen molar-refractivity contribution >= 4 is 27.5 Å². The zero-order chi connectivity index (χ0) is 18.8. The Morgan fingerprint density at radius 1 is 1.22 bits per heavy atom. The van der Waals surface area contributed by atoms with E-state index in [2.05, 4.69) is 10.3 Å². The van der Waals surface area contributed by atoms with Crippen LogP contribution in [0.3, 0.4) is 0 Å². The first-order valence-electron chi connectivity index (χ1n) is 8.20. The van der Waals surface area contributed by atoms with Crippen molar-refractivity contribution in [3.63, 3.8) is 0 Å². The number of nitrogens with zero attached hydrogens (tertiary/aromatic N) is 1. The quantitative estimate of drug-likeness (QED) is 0.546. The lowest BCUT2D eigenvalue weighted by Crippen LogP contribution is -2.23. The first kappa shape index (κ1) is 17.2. The van der Waals surface area contributed by atoms with Gasteiger partial charge in [0.1, 0.15) is 17.3 Å². The van der Waals surface area contributed by atoms with E-state index in [1.807, 2.05) is 30.3 Å². The zero-order valence-electron chi connectivity index (χ0n) is 14.4. The summed E-state index contributed by atoms with van der Waals surface area (Å²) < 4.78 is 25.8. The largest absolute Gasteiger partial charge is 0.497 e. The van der Waals surface area contributed by atoms with Crippen molar-refractivity contribution in [2.45, 2.75) is 6.54 Å². The standard InChI is InChI=1S/C20H15FN2O3S/c1-25-12-6-8-14(15(21)10-12)19(24)22-11-13-7-9-17(26-13)20-23-16-4-2-3-5-18(16)27-20/h2-10H,11H2,1H3,(H,22,24). The number of thiazole rings is 1. The minimum atomic E-state index is -0.638. The predicted molar refractivity (Wildman–Crippen MR) is 101 cm³/mol. The van der Waals surface area contributed by atoms with Crippen LogP contribution in [-0.2, 0) is 6.54 Å². The van der Waals surface area contributed by atoms with Crippen molar-refractivity contribution in [3.8, 4) is 16.5 Å². The molecule has 27 heavy (non-hydrogen) atoms. The Balaban J connectivity index is 1.46. The van der Waals surface area contributed by atoms with E-state index in [0.29, 0.717) is 17.3 Å². The zero-order valence-corrected chi connectivity index (χ0v) is 15.2. The van der Waals surface area contributed by atoms with E-state index in [1.54, 1.807) is 6.07 Å². The molecular weight excluding hydrogens is 367 g/mol. The SMILES string of the molecule is COc1ccc(C(=O)NCc2ccc(-c3nc4ccccc4s3)o2)c(F)c1. The minimum Gasteiger partial charge on any atom is -0.497 e. The third kappa shape index (κ3) is 3.54. The van der Waals surface area contributed by atoms with E-state index >= 15 is 0 Å². The second kappa shape index (κ2) is 7.20. The van der Waals surface area contributed by atoms with Gasteiger partial charge < -0.3 is 14.5 Å². The van der Waals surface area contributed by atoms with Gasteiger partial charge in [0.15, 0.2) is 10.8 Å². The molecule has 2 heterocycles. The van der Waals surface area contributed by atoms with Gasteiger partial charge >= 0.3 is 0 Å². The number of methoxy groups -OCH3 is 1. The molecule has 0 unspecified atom stereocenters. The van der Waals surface area contributed by atoms with Gasteiger partial charge in [0.25, 0.3) is 5.91 Å². The topological polar surface area (TPSA) is 64.4 Å². The molecule has 0 aliphatic heterocycles. The number of halogens is 1. The number of furan rings is 1. The van der Waals surface area contributed by atoms with E-state index in [0.717, 1.165) is 15.2 Å². The van der Waals surface area contributed by atoms with Gasteiger partial charge in [-0.25, -0.2) is 9.37 Å². The van der Waals surface area contributed by atoms with Crippen molar-refractivity contribution in [2.24, 2.45) is 0 Å². The molecule has 1 N–H and O–H groups in total. The fourth-order valence-corrected chi connectivity index (χ4v) is 3.56. The Kier molecular flexibility index (Phi) is 4.60. The van der Waals surface area contributed by atoms with E-state index in [4.69, 9.17) is 9.15 Å². The molecule has 2 aromatic carbocycles. The number of ether oxygens (including phenoxy) is 1. The van der Waals surface area contributed by atoms with Crippen molar-refractivity contribution in [1.29, 1.82) is 0 Å². The van der Waals surface area contributed by atoms with Crippen molar-refractivity contribution in [1.82, 2.24) is 10.3 Å². The Hall–Kier alpha value is -3.19. The van der Waals surface area contributed by atoms with Crippen molar-refractivity contribution in [2.75, 3.05) is 7.11 Å². The molecule has 0 atom stereocenters. The van der Waals surface area contributed by atoms with Gasteiger partial charge in [0.05, 0.1) is 29.4 Å². The molecule has 2 aromatic heterocycles. The van der Waals surface area contributed by atoms with Gasteiger partial charge in [-0.1, -0.05) is 12.1 Å². The maximum absolute atomic E-state index is 14.0. The molecule has 0 fully saturated rings. The fourth-order valence-electron chi connectivity index (χ4n) is 2.64. The van der Waals surface area contributed by atoms with E-state index < -0.39 is 11.7 Å². The number of amides is 1. The predicted octanol–water partition coefficient (Wildman–Crippen LogP) is 4.63. The molecule has 7 heteroatoms. The van der Waals surface area contributed by atoms with Crippen molar-refractivity contribution < 1.29 is 18.3 Å². The number of hydrogen-bond acceptors (Lipinski definition) is 5. The summed E-state index contributed by atoms with van der Waals surface area (Å²) in [6.45, 7) is 0.148. The van der Waals surface area contributed by atoms with E-state index in [1.165, 1.54) is 36.6 Å². The Morgan fingerprint density at radius 3 is 2.85 bits per heavy atom. The minimum absolute atomic E-state index is 0.0475. The van der Waals surface area contributed by atoms with Gasteiger partial charge in [0, 0.05) is 6.07 Å². The van der Waals surface area contributed by atoms with Crippen LogP contribution in [0.25, 0.3) is 21.0 Å². The Labute approximate surface area is 158 Å². The van der Waals surface area contributed by atoms with Crippen LogP contribution < -0.4 is 10.1 Å². The number of nitrogens with one attached hydrogen (secondary N) is 1. The normalized spacial score (nSPS) is 10.9. The summed E-state index contributed by atoms with van der Waals surface area (Å²) in [6.07, 6.45) is 0. The average molecular weight is 382 g/mol. The molecular formula is C20H15FN2O3S. The Morgan fingerprint density at radius 2 is 2.07 bits per heavy atom. The molecule has 0 saturated heterocycles. The molecule has 0 bridgehead atoms. The van der Waals surface area contributed by atoms with E-state index in [9.17, 15) is 9.18 Å². The summed E-state index contributed by atoms with van der Waals surface area (Å²) in [5, 5.41) is 3.43. The average Bonchev–Trinajstić information content (AvgIpc) is 3.32. The summed E-state index contributed by atoms with van der Waals surface area (Å²) >= 11 is 1.54. The van der Waals surface area contributed by atoms with Crippen LogP contribution in [-0.4, -0.2) is 18.0 Å². The first-order chi connectivity index (χ1) is 13.1. The number of carbonyl (C=O) groups excluding carboxylic acids is 1.